The van der Waals surface area contributed by atoms with Crippen LogP contribution < -0.4 is 0 Å². The van der Waals surface area contributed by atoms with Crippen molar-refractivity contribution in [3.8, 4) is 0 Å². The van der Waals surface area contributed by atoms with E-state index in [4.69, 9.17) is 16.3 Å². The molecule has 2 aromatic carbocycles. The molecule has 2 aliphatic rings. The van der Waals surface area contributed by atoms with E-state index in [2.05, 4.69) is 28.6 Å². The summed E-state index contributed by atoms with van der Waals surface area (Å²) in [7, 11) is -3.79. The van der Waals surface area contributed by atoms with Gasteiger partial charge < -0.3 is 4.74 Å². The molecule has 2 heterocycles. The van der Waals surface area contributed by atoms with Gasteiger partial charge in [0.15, 0.2) is 0 Å². The van der Waals surface area contributed by atoms with Crippen LogP contribution in [0.2, 0.25) is 5.02 Å². The second kappa shape index (κ2) is 13.3. The summed E-state index contributed by atoms with van der Waals surface area (Å²) in [5.74, 6) is 0. The minimum atomic E-state index is -3.79. The number of rotatable bonds is 9. The zero-order valence-electron chi connectivity index (χ0n) is 21.7. The van der Waals surface area contributed by atoms with Crippen molar-refractivity contribution in [2.75, 3.05) is 26.2 Å². The number of nitrogens with zero attached hydrogens (tertiary/aromatic N) is 3. The zero-order chi connectivity index (χ0) is 27.0. The van der Waals surface area contributed by atoms with Crippen molar-refractivity contribution in [1.82, 2.24) is 9.21 Å². The first-order valence-electron chi connectivity index (χ1n) is 12.7. The van der Waals surface area contributed by atoms with E-state index in [1.54, 1.807) is 22.8 Å². The maximum absolute atomic E-state index is 14.0. The molecule has 0 bridgehead atoms. The van der Waals surface area contributed by atoms with Crippen LogP contribution in [0.15, 0.2) is 107 Å². The topological polar surface area (TPSA) is 62.2 Å². The van der Waals surface area contributed by atoms with Gasteiger partial charge in [0, 0.05) is 56.1 Å². The third-order valence-electron chi connectivity index (χ3n) is 6.80. The highest BCUT2D eigenvalue weighted by Gasteiger charge is 2.36. The summed E-state index contributed by atoms with van der Waals surface area (Å²) in [6.07, 6.45) is 9.12. The average molecular weight is 552 g/mol. The van der Waals surface area contributed by atoms with Crippen molar-refractivity contribution in [1.29, 1.82) is 0 Å². The van der Waals surface area contributed by atoms with Crippen LogP contribution in [-0.2, 0) is 27.9 Å². The molecule has 38 heavy (non-hydrogen) atoms. The molecule has 0 amide bonds. The third-order valence-corrected chi connectivity index (χ3v) is 9.00. The fourth-order valence-electron chi connectivity index (χ4n) is 4.71. The van der Waals surface area contributed by atoms with Gasteiger partial charge >= 0.3 is 0 Å². The molecule has 1 saturated heterocycles. The molecule has 1 fully saturated rings. The summed E-state index contributed by atoms with van der Waals surface area (Å²) in [5, 5.41) is 0.680. The van der Waals surface area contributed by atoms with Crippen LogP contribution in [0.5, 0.6) is 0 Å². The summed E-state index contributed by atoms with van der Waals surface area (Å²) in [6, 6.07) is 17.7. The Morgan fingerprint density at radius 3 is 2.61 bits per heavy atom. The summed E-state index contributed by atoms with van der Waals surface area (Å²) >= 11 is 6.01. The van der Waals surface area contributed by atoms with Crippen molar-refractivity contribution in [3.63, 3.8) is 0 Å². The van der Waals surface area contributed by atoms with E-state index in [0.29, 0.717) is 49.9 Å². The number of halogens is 1. The Morgan fingerprint density at radius 2 is 1.89 bits per heavy atom. The molecule has 0 aliphatic carbocycles. The number of sulfonamides is 1. The van der Waals surface area contributed by atoms with Gasteiger partial charge in [0.25, 0.3) is 0 Å². The summed E-state index contributed by atoms with van der Waals surface area (Å²) in [6.45, 7) is 8.63. The third kappa shape index (κ3) is 6.98. The largest absolute Gasteiger partial charge is 0.375 e. The van der Waals surface area contributed by atoms with Crippen molar-refractivity contribution >= 4 is 27.8 Å². The maximum atomic E-state index is 14.0. The average Bonchev–Trinajstić information content (AvgIpc) is 3.17. The number of aliphatic imine (C=N–C) groups is 1. The highest BCUT2D eigenvalue weighted by molar-refractivity contribution is 7.93. The smallest absolute Gasteiger partial charge is 0.243 e. The van der Waals surface area contributed by atoms with Crippen molar-refractivity contribution < 1.29 is 13.2 Å². The number of ether oxygens (including phenoxy) is 1. The van der Waals surface area contributed by atoms with Crippen molar-refractivity contribution in [2.45, 2.75) is 32.5 Å². The first-order chi connectivity index (χ1) is 18.4. The molecule has 2 aliphatic heterocycles. The van der Waals surface area contributed by atoms with E-state index in [9.17, 15) is 8.42 Å². The number of allylic oxidation sites excluding steroid dienone is 5. The molecule has 1 unspecified atom stereocenters. The second-order valence-electron chi connectivity index (χ2n) is 9.26. The number of hydrogen-bond donors (Lipinski definition) is 0. The van der Waals surface area contributed by atoms with E-state index in [0.717, 1.165) is 17.7 Å². The van der Waals surface area contributed by atoms with Crippen molar-refractivity contribution in [2.24, 2.45) is 4.99 Å². The van der Waals surface area contributed by atoms with Gasteiger partial charge in [-0.15, -0.1) is 0 Å². The van der Waals surface area contributed by atoms with Gasteiger partial charge in [-0.3, -0.25) is 9.89 Å². The molecule has 0 saturated carbocycles. The van der Waals surface area contributed by atoms with Gasteiger partial charge in [-0.25, -0.2) is 8.42 Å². The number of piperazine rings is 1. The Kier molecular flexibility index (Phi) is 9.88. The van der Waals surface area contributed by atoms with E-state index < -0.39 is 10.0 Å². The van der Waals surface area contributed by atoms with Gasteiger partial charge in [-0.1, -0.05) is 66.7 Å². The minimum absolute atomic E-state index is 0.115. The molecule has 1 atom stereocenters. The van der Waals surface area contributed by atoms with Crippen LogP contribution in [0.4, 0.5) is 0 Å². The normalized spacial score (nSPS) is 21.4. The first kappa shape index (κ1) is 28.2. The minimum Gasteiger partial charge on any atom is -0.375 e. The quantitative estimate of drug-likeness (QED) is 0.398. The molecular formula is C30H34ClN3O3S. The van der Waals surface area contributed by atoms with Crippen LogP contribution in [0, 0.1) is 0 Å². The van der Waals surface area contributed by atoms with Crippen molar-refractivity contribution in [3.05, 3.63) is 118 Å². The Balaban J connectivity index is 1.56. The van der Waals surface area contributed by atoms with Gasteiger partial charge in [-0.05, 0) is 53.5 Å². The lowest BCUT2D eigenvalue weighted by Gasteiger charge is -2.41. The fourth-order valence-corrected chi connectivity index (χ4v) is 6.50. The molecule has 2 aromatic rings. The van der Waals surface area contributed by atoms with Gasteiger partial charge in [0.1, 0.15) is 0 Å². The highest BCUT2D eigenvalue weighted by atomic mass is 35.5. The lowest BCUT2D eigenvalue weighted by Crippen LogP contribution is -2.56. The lowest BCUT2D eigenvalue weighted by molar-refractivity contribution is 0.0192. The monoisotopic (exact) mass is 551 g/mol. The van der Waals surface area contributed by atoms with Crippen LogP contribution >= 0.6 is 11.6 Å². The molecule has 0 spiro atoms. The van der Waals surface area contributed by atoms with E-state index in [-0.39, 0.29) is 10.9 Å². The van der Waals surface area contributed by atoms with Crippen LogP contribution in [0.25, 0.3) is 0 Å². The Labute approximate surface area is 231 Å². The predicted octanol–water partition coefficient (Wildman–Crippen LogP) is 5.75. The Bertz CT molecular complexity index is 1330. The summed E-state index contributed by atoms with van der Waals surface area (Å²) in [5.41, 5.74) is 3.75. The van der Waals surface area contributed by atoms with Gasteiger partial charge in [0.05, 0.1) is 18.1 Å². The Morgan fingerprint density at radius 1 is 1.13 bits per heavy atom. The second-order valence-corrected chi connectivity index (χ2v) is 11.6. The molecule has 8 heteroatoms. The van der Waals surface area contributed by atoms with Crippen LogP contribution in [0.1, 0.15) is 24.5 Å². The predicted molar refractivity (Wildman–Crippen MR) is 155 cm³/mol. The van der Waals surface area contributed by atoms with Gasteiger partial charge in [-0.2, -0.15) is 4.31 Å². The molecule has 6 nitrogen and oxygen atoms in total. The molecule has 0 radical (unpaired) electrons. The molecule has 4 rings (SSSR count). The van der Waals surface area contributed by atoms with Crippen LogP contribution in [-0.4, -0.2) is 56.1 Å². The molecule has 0 aromatic heterocycles. The summed E-state index contributed by atoms with van der Waals surface area (Å²) < 4.78 is 35.6. The summed E-state index contributed by atoms with van der Waals surface area (Å²) in [4.78, 5) is 6.72. The van der Waals surface area contributed by atoms with Gasteiger partial charge in [0.2, 0.25) is 10.0 Å². The number of hydrogen-bond acceptors (Lipinski definition) is 5. The SMILES string of the molecule is C=C/C(=C1/C=CN=CC/C1=C/C)S(=O)(=O)N1CCN(Cc2ccccc2)C(COCc2ccc(Cl)cc2)C1. The molecule has 0 N–H and O–H groups in total. The standard InChI is InChI=1S/C30H34ClN3O3S/c1-3-26-14-16-32-17-15-29(26)30(4-2)38(35,36)34-19-18-33(20-24-8-6-5-7-9-24)28(21-34)23-37-22-25-10-12-27(31)13-11-25/h3-13,15-17,28H,2,14,18-23H2,1H3/b26-3-,30-29+. The zero-order valence-corrected chi connectivity index (χ0v) is 23.2. The molecular weight excluding hydrogens is 518 g/mol. The van der Waals surface area contributed by atoms with E-state index >= 15 is 0 Å². The maximum Gasteiger partial charge on any atom is 0.243 e. The molecule has 200 valence electrons. The Hall–Kier alpha value is -2.81. The highest BCUT2D eigenvalue weighted by Crippen LogP contribution is 2.29. The lowest BCUT2D eigenvalue weighted by atomic mass is 10.0. The number of benzene rings is 2. The first-order valence-corrected chi connectivity index (χ1v) is 14.5. The van der Waals surface area contributed by atoms with E-state index in [1.807, 2.05) is 55.5 Å². The fraction of sp³-hybridized carbons (Fsp3) is 0.300. The van der Waals surface area contributed by atoms with E-state index in [1.165, 1.54) is 11.6 Å². The van der Waals surface area contributed by atoms with Crippen LogP contribution in [0.3, 0.4) is 0 Å².